The highest BCUT2D eigenvalue weighted by atomic mass is 32.2. The fraction of sp³-hybridized carbons (Fsp3) is 0.909. The van der Waals surface area contributed by atoms with Crippen LogP contribution in [0.1, 0.15) is 19.8 Å². The molecule has 16 heavy (non-hydrogen) atoms. The number of nitrogens with one attached hydrogen (secondary N) is 1. The van der Waals surface area contributed by atoms with Gasteiger partial charge in [0.1, 0.15) is 6.04 Å². The number of carbonyl (C=O) groups is 1. The Morgan fingerprint density at radius 1 is 1.69 bits per heavy atom. The third-order valence-electron chi connectivity index (χ3n) is 2.71. The molecule has 0 amide bonds. The van der Waals surface area contributed by atoms with Gasteiger partial charge in [-0.2, -0.15) is 11.8 Å². The molecule has 94 valence electrons. The van der Waals surface area contributed by atoms with Crippen LogP contribution in [-0.4, -0.2) is 48.4 Å². The minimum atomic E-state index is -0.777. The summed E-state index contributed by atoms with van der Waals surface area (Å²) < 4.78 is 4.75. The second kappa shape index (κ2) is 5.89. The summed E-state index contributed by atoms with van der Waals surface area (Å²) in [6.45, 7) is 2.20. The Morgan fingerprint density at radius 3 is 2.75 bits per heavy atom. The molecule has 0 aromatic rings. The van der Waals surface area contributed by atoms with E-state index in [1.165, 1.54) is 7.11 Å². The minimum Gasteiger partial charge on any atom is -0.468 e. The molecule has 0 spiro atoms. The third kappa shape index (κ3) is 4.31. The van der Waals surface area contributed by atoms with Crippen molar-refractivity contribution in [2.24, 2.45) is 5.92 Å². The molecule has 0 aromatic heterocycles. The van der Waals surface area contributed by atoms with Crippen LogP contribution < -0.4 is 5.32 Å². The van der Waals surface area contributed by atoms with Crippen LogP contribution in [0.5, 0.6) is 0 Å². The van der Waals surface area contributed by atoms with Crippen LogP contribution in [0.3, 0.4) is 0 Å². The number of esters is 1. The van der Waals surface area contributed by atoms with E-state index in [1.54, 1.807) is 18.7 Å². The van der Waals surface area contributed by atoms with E-state index in [-0.39, 0.29) is 12.0 Å². The van der Waals surface area contributed by atoms with Crippen molar-refractivity contribution < 1.29 is 14.6 Å². The molecule has 0 heterocycles. The number of ether oxygens (including phenoxy) is 1. The SMILES string of the molecule is COC(=O)C(NCC(C)(O)CSC)C1CC1. The number of carbonyl (C=O) groups excluding carboxylic acids is 1. The smallest absolute Gasteiger partial charge is 0.323 e. The van der Waals surface area contributed by atoms with Gasteiger partial charge in [-0.05, 0) is 31.9 Å². The lowest BCUT2D eigenvalue weighted by Gasteiger charge is -2.25. The zero-order valence-electron chi connectivity index (χ0n) is 10.2. The summed E-state index contributed by atoms with van der Waals surface area (Å²) in [6, 6.07) is -0.252. The summed E-state index contributed by atoms with van der Waals surface area (Å²) in [5, 5.41) is 13.1. The highest BCUT2D eigenvalue weighted by molar-refractivity contribution is 7.98. The molecule has 0 saturated heterocycles. The average molecular weight is 247 g/mol. The Balaban J connectivity index is 2.40. The van der Waals surface area contributed by atoms with Crippen molar-refractivity contribution in [1.29, 1.82) is 0 Å². The molecule has 2 atom stereocenters. The highest BCUT2D eigenvalue weighted by Gasteiger charge is 2.37. The molecule has 1 fully saturated rings. The van der Waals surface area contributed by atoms with Crippen molar-refractivity contribution in [3.63, 3.8) is 0 Å². The molecule has 0 radical (unpaired) electrons. The van der Waals surface area contributed by atoms with E-state index in [4.69, 9.17) is 4.74 Å². The van der Waals surface area contributed by atoms with E-state index >= 15 is 0 Å². The second-order valence-electron chi connectivity index (χ2n) is 4.65. The third-order valence-corrected chi connectivity index (χ3v) is 3.62. The van der Waals surface area contributed by atoms with Gasteiger partial charge in [0.05, 0.1) is 12.7 Å². The van der Waals surface area contributed by atoms with Gasteiger partial charge in [0, 0.05) is 12.3 Å². The largest absolute Gasteiger partial charge is 0.468 e. The Kier molecular flexibility index (Phi) is 5.08. The first-order valence-electron chi connectivity index (χ1n) is 5.52. The molecule has 2 unspecified atom stereocenters. The molecular weight excluding hydrogens is 226 g/mol. The first-order chi connectivity index (χ1) is 7.50. The van der Waals surface area contributed by atoms with Crippen LogP contribution in [0, 0.1) is 5.92 Å². The Hall–Kier alpha value is -0.260. The van der Waals surface area contributed by atoms with Crippen LogP contribution in [-0.2, 0) is 9.53 Å². The lowest BCUT2D eigenvalue weighted by molar-refractivity contribution is -0.143. The quantitative estimate of drug-likeness (QED) is 0.647. The van der Waals surface area contributed by atoms with Gasteiger partial charge in [-0.15, -0.1) is 0 Å². The molecule has 1 saturated carbocycles. The van der Waals surface area contributed by atoms with Gasteiger partial charge in [0.25, 0.3) is 0 Å². The normalized spacial score (nSPS) is 21.2. The predicted molar refractivity (Wildman–Crippen MR) is 65.5 cm³/mol. The van der Waals surface area contributed by atoms with Gasteiger partial charge in [0.15, 0.2) is 0 Å². The summed E-state index contributed by atoms with van der Waals surface area (Å²) in [7, 11) is 1.40. The zero-order chi connectivity index (χ0) is 12.2. The minimum absolute atomic E-state index is 0.220. The van der Waals surface area contributed by atoms with Gasteiger partial charge in [0.2, 0.25) is 0 Å². The highest BCUT2D eigenvalue weighted by Crippen LogP contribution is 2.33. The molecular formula is C11H21NO3S. The van der Waals surface area contributed by atoms with E-state index in [2.05, 4.69) is 5.32 Å². The molecule has 2 N–H and O–H groups in total. The summed E-state index contributed by atoms with van der Waals surface area (Å²) in [6.07, 6.45) is 4.09. The van der Waals surface area contributed by atoms with E-state index in [0.717, 1.165) is 12.8 Å². The van der Waals surface area contributed by atoms with Gasteiger partial charge < -0.3 is 15.2 Å². The number of hydrogen-bond acceptors (Lipinski definition) is 5. The molecule has 1 aliphatic carbocycles. The summed E-state index contributed by atoms with van der Waals surface area (Å²) in [4.78, 5) is 11.5. The molecule has 1 rings (SSSR count). The van der Waals surface area contributed by atoms with Gasteiger partial charge in [-0.25, -0.2) is 0 Å². The van der Waals surface area contributed by atoms with Crippen LogP contribution in [0.4, 0.5) is 0 Å². The van der Waals surface area contributed by atoms with E-state index < -0.39 is 5.60 Å². The molecule has 0 aromatic carbocycles. The molecule has 5 heteroatoms. The monoisotopic (exact) mass is 247 g/mol. The maximum atomic E-state index is 11.5. The number of hydrogen-bond donors (Lipinski definition) is 2. The fourth-order valence-corrected chi connectivity index (χ4v) is 2.41. The number of rotatable bonds is 7. The fourth-order valence-electron chi connectivity index (χ4n) is 1.69. The molecule has 1 aliphatic rings. The Labute approximate surface area is 101 Å². The van der Waals surface area contributed by atoms with Crippen molar-refractivity contribution in [3.8, 4) is 0 Å². The first kappa shape index (κ1) is 13.8. The van der Waals surface area contributed by atoms with Crippen molar-refractivity contribution in [2.45, 2.75) is 31.4 Å². The summed E-state index contributed by atoms with van der Waals surface area (Å²) >= 11 is 1.59. The lowest BCUT2D eigenvalue weighted by atomic mass is 10.1. The lowest BCUT2D eigenvalue weighted by Crippen LogP contribution is -2.48. The van der Waals surface area contributed by atoms with Crippen molar-refractivity contribution in [1.82, 2.24) is 5.32 Å². The van der Waals surface area contributed by atoms with E-state index in [0.29, 0.717) is 18.2 Å². The molecule has 4 nitrogen and oxygen atoms in total. The van der Waals surface area contributed by atoms with Gasteiger partial charge >= 0.3 is 5.97 Å². The van der Waals surface area contributed by atoms with Gasteiger partial charge in [-0.1, -0.05) is 0 Å². The number of methoxy groups -OCH3 is 1. The van der Waals surface area contributed by atoms with E-state index in [1.807, 2.05) is 6.26 Å². The summed E-state index contributed by atoms with van der Waals surface area (Å²) in [5.74, 6) is 0.818. The van der Waals surface area contributed by atoms with Crippen molar-refractivity contribution >= 4 is 17.7 Å². The van der Waals surface area contributed by atoms with Crippen molar-refractivity contribution in [2.75, 3.05) is 25.7 Å². The standard InChI is InChI=1S/C11H21NO3S/c1-11(14,7-16-3)6-12-9(8-4-5-8)10(13)15-2/h8-9,12,14H,4-7H2,1-3H3. The van der Waals surface area contributed by atoms with E-state index in [9.17, 15) is 9.90 Å². The molecule has 0 bridgehead atoms. The van der Waals surface area contributed by atoms with Crippen molar-refractivity contribution in [3.05, 3.63) is 0 Å². The first-order valence-corrected chi connectivity index (χ1v) is 6.92. The topological polar surface area (TPSA) is 58.6 Å². The van der Waals surface area contributed by atoms with Crippen LogP contribution in [0.15, 0.2) is 0 Å². The predicted octanol–water partition coefficient (Wildman–Crippen LogP) is 0.642. The number of aliphatic hydroxyl groups is 1. The zero-order valence-corrected chi connectivity index (χ0v) is 11.0. The Bertz CT molecular complexity index is 241. The maximum absolute atomic E-state index is 11.5. The van der Waals surface area contributed by atoms with Crippen LogP contribution >= 0.6 is 11.8 Å². The maximum Gasteiger partial charge on any atom is 0.323 e. The molecule has 0 aliphatic heterocycles. The Morgan fingerprint density at radius 2 is 2.31 bits per heavy atom. The summed E-state index contributed by atoms with van der Waals surface area (Å²) in [5.41, 5.74) is -0.777. The van der Waals surface area contributed by atoms with Crippen LogP contribution in [0.2, 0.25) is 0 Å². The van der Waals surface area contributed by atoms with Gasteiger partial charge in [-0.3, -0.25) is 4.79 Å². The second-order valence-corrected chi connectivity index (χ2v) is 5.52. The van der Waals surface area contributed by atoms with Crippen LogP contribution in [0.25, 0.3) is 0 Å². The average Bonchev–Trinajstić information content (AvgIpc) is 3.01. The number of thioether (sulfide) groups is 1.